The lowest BCUT2D eigenvalue weighted by atomic mass is 10.1. The van der Waals surface area contributed by atoms with Crippen molar-refractivity contribution < 1.29 is 14.3 Å². The lowest BCUT2D eigenvalue weighted by Gasteiger charge is -2.22. The first-order chi connectivity index (χ1) is 14.6. The van der Waals surface area contributed by atoms with Crippen LogP contribution in [0.2, 0.25) is 5.02 Å². The molecule has 2 amide bonds. The summed E-state index contributed by atoms with van der Waals surface area (Å²) in [4.78, 5) is 27.1. The molecule has 0 fully saturated rings. The van der Waals surface area contributed by atoms with Gasteiger partial charge in [0.15, 0.2) is 0 Å². The molecule has 0 radical (unpaired) electrons. The topological polar surface area (TPSA) is 90.7 Å². The maximum atomic E-state index is 13.5. The Labute approximate surface area is 184 Å². The van der Waals surface area contributed by atoms with Gasteiger partial charge in [0.2, 0.25) is 0 Å². The predicted octanol–water partition coefficient (Wildman–Crippen LogP) is 5.50. The van der Waals surface area contributed by atoms with Crippen molar-refractivity contribution in [2.24, 2.45) is 4.99 Å². The van der Waals surface area contributed by atoms with Crippen LogP contribution in [-0.4, -0.2) is 32.4 Å². The van der Waals surface area contributed by atoms with Crippen LogP contribution < -0.4 is 10.2 Å². The van der Waals surface area contributed by atoms with Gasteiger partial charge >= 0.3 is 6.03 Å². The average Bonchev–Trinajstić information content (AvgIpc) is 2.71. The van der Waals surface area contributed by atoms with Crippen LogP contribution in [0.5, 0.6) is 0 Å². The summed E-state index contributed by atoms with van der Waals surface area (Å²) in [5.41, 5.74) is 0.165. The minimum atomic E-state index is -1.15. The molecule has 0 spiro atoms. The number of urea groups is 1. The van der Waals surface area contributed by atoms with Crippen molar-refractivity contribution in [2.75, 3.05) is 10.2 Å². The highest BCUT2D eigenvalue weighted by Crippen LogP contribution is 2.27. The largest absolute Gasteiger partial charge is 0.385 e. The van der Waals surface area contributed by atoms with E-state index >= 15 is 0 Å². The molecule has 9 heteroatoms. The third kappa shape index (κ3) is 5.84. The maximum Gasteiger partial charge on any atom is 0.332 e. The summed E-state index contributed by atoms with van der Waals surface area (Å²) in [6.07, 6.45) is 1.45. The summed E-state index contributed by atoms with van der Waals surface area (Å²) in [5, 5.41) is 13.4. The number of anilines is 3. The number of nitrogens with zero attached hydrogens (tertiary/aromatic N) is 4. The summed E-state index contributed by atoms with van der Waals surface area (Å²) in [7, 11) is 0. The number of aromatic nitrogens is 2. The van der Waals surface area contributed by atoms with E-state index in [4.69, 9.17) is 11.6 Å². The molecule has 3 aromatic rings. The molecule has 0 aliphatic carbocycles. The highest BCUT2D eigenvalue weighted by atomic mass is 35.5. The van der Waals surface area contributed by atoms with Gasteiger partial charge in [-0.2, -0.15) is 4.98 Å². The van der Waals surface area contributed by atoms with Crippen LogP contribution >= 0.6 is 11.6 Å². The van der Waals surface area contributed by atoms with E-state index in [1.54, 1.807) is 45.0 Å². The van der Waals surface area contributed by atoms with Crippen molar-refractivity contribution in [3.63, 3.8) is 0 Å². The number of carbonyl (C=O) groups is 1. The summed E-state index contributed by atoms with van der Waals surface area (Å²) < 4.78 is 13.5. The van der Waals surface area contributed by atoms with Crippen LogP contribution in [0.4, 0.5) is 32.3 Å². The van der Waals surface area contributed by atoms with E-state index in [1.807, 2.05) is 0 Å². The van der Waals surface area contributed by atoms with Gasteiger partial charge in [0.05, 0.1) is 11.3 Å². The third-order valence-electron chi connectivity index (χ3n) is 4.39. The standard InChI is InChI=1S/C22H21ClFN5O2/c1-14(22(2,3)31)26-20-25-13-12-19(28-20)29(18-10-6-16(24)7-11-18)21(30)27-17-8-4-15(23)5-9-17/h4-13,31H,1-3H3,(H,27,30). The molecule has 0 saturated carbocycles. The Bertz CT molecular complexity index is 1100. The van der Waals surface area contributed by atoms with Gasteiger partial charge in [-0.3, -0.25) is 0 Å². The molecule has 1 heterocycles. The fourth-order valence-corrected chi connectivity index (χ4v) is 2.59. The molecule has 0 unspecified atom stereocenters. The molecule has 3 rings (SSSR count). The molecule has 31 heavy (non-hydrogen) atoms. The summed E-state index contributed by atoms with van der Waals surface area (Å²) in [5.74, 6) is -0.144. The first-order valence-corrected chi connectivity index (χ1v) is 9.75. The quantitative estimate of drug-likeness (QED) is 0.511. The number of amides is 2. The number of hydrogen-bond acceptors (Lipinski definition) is 5. The molecule has 160 valence electrons. The molecular weight excluding hydrogens is 421 g/mol. The fraction of sp³-hybridized carbons (Fsp3) is 0.182. The summed E-state index contributed by atoms with van der Waals surface area (Å²) >= 11 is 5.90. The molecule has 2 N–H and O–H groups in total. The van der Waals surface area contributed by atoms with E-state index in [1.165, 1.54) is 41.4 Å². The van der Waals surface area contributed by atoms with Crippen molar-refractivity contribution in [3.8, 4) is 0 Å². The van der Waals surface area contributed by atoms with Crippen LogP contribution in [0.15, 0.2) is 65.8 Å². The fourth-order valence-electron chi connectivity index (χ4n) is 2.46. The molecule has 2 aromatic carbocycles. The molecule has 0 atom stereocenters. The summed E-state index contributed by atoms with van der Waals surface area (Å²) in [6, 6.07) is 13.0. The second-order valence-electron chi connectivity index (χ2n) is 7.22. The predicted molar refractivity (Wildman–Crippen MR) is 120 cm³/mol. The van der Waals surface area contributed by atoms with Gasteiger partial charge in [0.1, 0.15) is 11.6 Å². The zero-order chi connectivity index (χ0) is 22.6. The second kappa shape index (κ2) is 9.20. The Kier molecular flexibility index (Phi) is 6.62. The van der Waals surface area contributed by atoms with Gasteiger partial charge in [-0.05, 0) is 69.3 Å². The van der Waals surface area contributed by atoms with Gasteiger partial charge in [-0.25, -0.2) is 24.1 Å². The number of aliphatic imine (C=N–C) groups is 1. The molecule has 0 aliphatic heterocycles. The number of aliphatic hydroxyl groups is 1. The first kappa shape index (κ1) is 22.3. The Balaban J connectivity index is 2.00. The van der Waals surface area contributed by atoms with Gasteiger partial charge in [-0.15, -0.1) is 0 Å². The molecule has 0 saturated heterocycles. The van der Waals surface area contributed by atoms with E-state index in [2.05, 4.69) is 20.3 Å². The van der Waals surface area contributed by atoms with Crippen molar-refractivity contribution in [2.45, 2.75) is 26.4 Å². The first-order valence-electron chi connectivity index (χ1n) is 9.37. The SMILES string of the molecule is CC(=Nc1nccc(N(C(=O)Nc2ccc(Cl)cc2)c2ccc(F)cc2)n1)C(C)(C)O. The molecular formula is C22H21ClFN5O2. The van der Waals surface area contributed by atoms with Gasteiger partial charge in [0, 0.05) is 28.7 Å². The van der Waals surface area contributed by atoms with E-state index in [0.29, 0.717) is 22.1 Å². The van der Waals surface area contributed by atoms with Gasteiger partial charge < -0.3 is 10.4 Å². The van der Waals surface area contributed by atoms with Crippen LogP contribution in [0.3, 0.4) is 0 Å². The van der Waals surface area contributed by atoms with Crippen molar-refractivity contribution in [1.82, 2.24) is 9.97 Å². The van der Waals surface area contributed by atoms with E-state index in [9.17, 15) is 14.3 Å². The molecule has 1 aromatic heterocycles. The zero-order valence-electron chi connectivity index (χ0n) is 17.2. The molecule has 0 aliphatic rings. The van der Waals surface area contributed by atoms with Crippen LogP contribution in [0.25, 0.3) is 0 Å². The molecule has 7 nitrogen and oxygen atoms in total. The van der Waals surface area contributed by atoms with Crippen molar-refractivity contribution in [3.05, 3.63) is 71.6 Å². The Morgan fingerprint density at radius 1 is 1.13 bits per heavy atom. The van der Waals surface area contributed by atoms with Gasteiger partial charge in [0.25, 0.3) is 5.95 Å². The number of benzene rings is 2. The van der Waals surface area contributed by atoms with E-state index < -0.39 is 17.4 Å². The monoisotopic (exact) mass is 441 g/mol. The number of rotatable bonds is 5. The lowest BCUT2D eigenvalue weighted by Crippen LogP contribution is -2.31. The number of carbonyl (C=O) groups excluding carboxylic acids is 1. The smallest absolute Gasteiger partial charge is 0.332 e. The van der Waals surface area contributed by atoms with Crippen LogP contribution in [0, 0.1) is 5.82 Å². The normalized spacial score (nSPS) is 11.9. The summed E-state index contributed by atoms with van der Waals surface area (Å²) in [6.45, 7) is 4.85. The van der Waals surface area contributed by atoms with E-state index in [-0.39, 0.29) is 11.8 Å². The van der Waals surface area contributed by atoms with Gasteiger partial charge in [-0.1, -0.05) is 11.6 Å². The zero-order valence-corrected chi connectivity index (χ0v) is 17.9. The van der Waals surface area contributed by atoms with Crippen LogP contribution in [-0.2, 0) is 0 Å². The molecule has 0 bridgehead atoms. The number of hydrogen-bond donors (Lipinski definition) is 2. The highest BCUT2D eigenvalue weighted by molar-refractivity contribution is 6.30. The average molecular weight is 442 g/mol. The minimum absolute atomic E-state index is 0.0727. The maximum absolute atomic E-state index is 13.5. The number of nitrogens with one attached hydrogen (secondary N) is 1. The van der Waals surface area contributed by atoms with Crippen LogP contribution in [0.1, 0.15) is 20.8 Å². The lowest BCUT2D eigenvalue weighted by molar-refractivity contribution is 0.153. The van der Waals surface area contributed by atoms with E-state index in [0.717, 1.165) is 0 Å². The van der Waals surface area contributed by atoms with Crippen molar-refractivity contribution >= 4 is 46.5 Å². The van der Waals surface area contributed by atoms with Crippen molar-refractivity contribution in [1.29, 1.82) is 0 Å². The Morgan fingerprint density at radius 3 is 2.39 bits per heavy atom. The third-order valence-corrected chi connectivity index (χ3v) is 4.65. The second-order valence-corrected chi connectivity index (χ2v) is 7.66. The Morgan fingerprint density at radius 2 is 1.77 bits per heavy atom. The number of halogens is 2. The Hall–Kier alpha value is -3.36. The minimum Gasteiger partial charge on any atom is -0.385 e. The highest BCUT2D eigenvalue weighted by Gasteiger charge is 2.21.